The molecular formula is C16H22N2O3S. The van der Waals surface area contributed by atoms with Crippen LogP contribution in [0.3, 0.4) is 0 Å². The zero-order valence-electron chi connectivity index (χ0n) is 13.0. The van der Waals surface area contributed by atoms with E-state index in [2.05, 4.69) is 23.2 Å². The Morgan fingerprint density at radius 2 is 2.14 bits per heavy atom. The van der Waals surface area contributed by atoms with Crippen LogP contribution in [-0.2, 0) is 21.1 Å². The van der Waals surface area contributed by atoms with Crippen molar-refractivity contribution >= 4 is 21.4 Å². The molecule has 1 N–H and O–H groups in total. The lowest BCUT2D eigenvalue weighted by atomic mass is 10.0. The Morgan fingerprint density at radius 3 is 2.82 bits per heavy atom. The number of anilines is 1. The van der Waals surface area contributed by atoms with Crippen molar-refractivity contribution in [3.05, 3.63) is 29.8 Å². The summed E-state index contributed by atoms with van der Waals surface area (Å²) in [4.78, 5) is 14.5. The van der Waals surface area contributed by atoms with E-state index in [9.17, 15) is 13.2 Å². The molecule has 0 aliphatic carbocycles. The molecule has 1 amide bonds. The third-order valence-electron chi connectivity index (χ3n) is 4.61. The molecular weight excluding hydrogens is 300 g/mol. The number of fused-ring (bicyclic) bond motifs is 1. The molecule has 0 unspecified atom stereocenters. The third kappa shape index (κ3) is 2.97. The average Bonchev–Trinajstić information content (AvgIpc) is 2.87. The fraction of sp³-hybridized carbons (Fsp3) is 0.562. The molecule has 22 heavy (non-hydrogen) atoms. The molecule has 1 aromatic carbocycles. The number of carbonyl (C=O) groups excluding carboxylic acids is 1. The minimum Gasteiger partial charge on any atom is -0.359 e. The second kappa shape index (κ2) is 5.26. The van der Waals surface area contributed by atoms with E-state index in [0.29, 0.717) is 6.42 Å². The highest BCUT2D eigenvalue weighted by Gasteiger charge is 2.40. The molecule has 3 rings (SSSR count). The number of nitrogens with zero attached hydrogens (tertiary/aromatic N) is 1. The van der Waals surface area contributed by atoms with Gasteiger partial charge in [0.2, 0.25) is 5.91 Å². The topological polar surface area (TPSA) is 66.5 Å². The molecule has 2 aliphatic rings. The van der Waals surface area contributed by atoms with Gasteiger partial charge in [-0.2, -0.15) is 0 Å². The van der Waals surface area contributed by atoms with Gasteiger partial charge in [0.25, 0.3) is 0 Å². The van der Waals surface area contributed by atoms with Gasteiger partial charge >= 0.3 is 0 Å². The van der Waals surface area contributed by atoms with Crippen molar-refractivity contribution in [1.29, 1.82) is 0 Å². The van der Waals surface area contributed by atoms with Crippen molar-refractivity contribution in [3.8, 4) is 0 Å². The van der Waals surface area contributed by atoms with Gasteiger partial charge in [0.15, 0.2) is 9.84 Å². The fourth-order valence-corrected chi connectivity index (χ4v) is 5.60. The number of hydrogen-bond acceptors (Lipinski definition) is 4. The number of sulfone groups is 1. The number of carbonyl (C=O) groups is 1. The maximum Gasteiger partial charge on any atom is 0.239 e. The SMILES string of the molecule is C[C@@H]1Cc2ccccc2N1CC(=O)N[C@]1(C)CCS(=O)(=O)C1. The Labute approximate surface area is 131 Å². The number of amides is 1. The Balaban J connectivity index is 1.68. The number of nitrogens with one attached hydrogen (secondary N) is 1. The van der Waals surface area contributed by atoms with E-state index in [1.54, 1.807) is 0 Å². The molecule has 2 aliphatic heterocycles. The van der Waals surface area contributed by atoms with Crippen LogP contribution in [0.1, 0.15) is 25.8 Å². The molecule has 120 valence electrons. The molecule has 0 bridgehead atoms. The molecule has 1 fully saturated rings. The zero-order valence-corrected chi connectivity index (χ0v) is 13.8. The molecule has 0 radical (unpaired) electrons. The molecule has 2 atom stereocenters. The Bertz CT molecular complexity index is 701. The van der Waals surface area contributed by atoms with Crippen LogP contribution in [0.2, 0.25) is 0 Å². The molecule has 2 heterocycles. The van der Waals surface area contributed by atoms with Crippen LogP contribution >= 0.6 is 0 Å². The van der Waals surface area contributed by atoms with E-state index in [4.69, 9.17) is 0 Å². The summed E-state index contributed by atoms with van der Waals surface area (Å²) >= 11 is 0. The Hall–Kier alpha value is -1.56. The van der Waals surface area contributed by atoms with E-state index >= 15 is 0 Å². The van der Waals surface area contributed by atoms with Gasteiger partial charge in [-0.15, -0.1) is 0 Å². The molecule has 6 heteroatoms. The van der Waals surface area contributed by atoms with E-state index in [-0.39, 0.29) is 30.0 Å². The van der Waals surface area contributed by atoms with Gasteiger partial charge in [0.1, 0.15) is 0 Å². The summed E-state index contributed by atoms with van der Waals surface area (Å²) in [5.74, 6) is 0.0908. The van der Waals surface area contributed by atoms with Crippen molar-refractivity contribution in [2.75, 3.05) is 23.0 Å². The molecule has 0 saturated carbocycles. The number of rotatable bonds is 3. The van der Waals surface area contributed by atoms with E-state index in [1.165, 1.54) is 5.56 Å². The fourth-order valence-electron chi connectivity index (χ4n) is 3.51. The maximum atomic E-state index is 12.4. The van der Waals surface area contributed by atoms with Crippen LogP contribution in [-0.4, -0.2) is 44.0 Å². The third-order valence-corrected chi connectivity index (χ3v) is 6.51. The lowest BCUT2D eigenvalue weighted by molar-refractivity contribution is -0.121. The maximum absolute atomic E-state index is 12.4. The lowest BCUT2D eigenvalue weighted by Crippen LogP contribution is -2.51. The van der Waals surface area contributed by atoms with Crippen LogP contribution < -0.4 is 10.2 Å². The van der Waals surface area contributed by atoms with Gasteiger partial charge in [-0.1, -0.05) is 18.2 Å². The second-order valence-electron chi connectivity index (χ2n) is 6.76. The summed E-state index contributed by atoms with van der Waals surface area (Å²) in [6.45, 7) is 4.19. The van der Waals surface area contributed by atoms with Gasteiger partial charge in [-0.3, -0.25) is 4.79 Å². The van der Waals surface area contributed by atoms with Gasteiger partial charge in [-0.25, -0.2) is 8.42 Å². The van der Waals surface area contributed by atoms with Crippen LogP contribution in [0.15, 0.2) is 24.3 Å². The van der Waals surface area contributed by atoms with Gasteiger partial charge in [-0.05, 0) is 38.3 Å². The predicted octanol–water partition coefficient (Wildman–Crippen LogP) is 1.13. The van der Waals surface area contributed by atoms with Crippen LogP contribution in [0.4, 0.5) is 5.69 Å². The predicted molar refractivity (Wildman–Crippen MR) is 86.8 cm³/mol. The van der Waals surface area contributed by atoms with E-state index < -0.39 is 15.4 Å². The monoisotopic (exact) mass is 322 g/mol. The number of hydrogen-bond donors (Lipinski definition) is 1. The molecule has 0 aromatic heterocycles. The molecule has 5 nitrogen and oxygen atoms in total. The smallest absolute Gasteiger partial charge is 0.239 e. The minimum absolute atomic E-state index is 0.0396. The molecule has 0 spiro atoms. The van der Waals surface area contributed by atoms with E-state index in [1.807, 2.05) is 25.1 Å². The minimum atomic E-state index is -3.01. The van der Waals surface area contributed by atoms with Crippen LogP contribution in [0, 0.1) is 0 Å². The molecule has 1 aromatic rings. The highest BCUT2D eigenvalue weighted by molar-refractivity contribution is 7.91. The van der Waals surface area contributed by atoms with Crippen molar-refractivity contribution in [3.63, 3.8) is 0 Å². The number of para-hydroxylation sites is 1. The van der Waals surface area contributed by atoms with Crippen LogP contribution in [0.25, 0.3) is 0 Å². The highest BCUT2D eigenvalue weighted by Crippen LogP contribution is 2.31. The second-order valence-corrected chi connectivity index (χ2v) is 8.94. The van der Waals surface area contributed by atoms with Gasteiger partial charge < -0.3 is 10.2 Å². The summed E-state index contributed by atoms with van der Waals surface area (Å²) in [5, 5.41) is 2.93. The first kappa shape index (κ1) is 15.3. The first-order valence-corrected chi connectivity index (χ1v) is 9.46. The van der Waals surface area contributed by atoms with E-state index in [0.717, 1.165) is 12.1 Å². The summed E-state index contributed by atoms with van der Waals surface area (Å²) in [6.07, 6.45) is 1.43. The van der Waals surface area contributed by atoms with Gasteiger partial charge in [0, 0.05) is 11.7 Å². The summed E-state index contributed by atoms with van der Waals surface area (Å²) in [6, 6.07) is 8.40. The van der Waals surface area contributed by atoms with Crippen molar-refractivity contribution < 1.29 is 13.2 Å². The summed E-state index contributed by atoms with van der Waals surface area (Å²) in [7, 11) is -3.01. The zero-order chi connectivity index (χ0) is 16.0. The van der Waals surface area contributed by atoms with Crippen LogP contribution in [0.5, 0.6) is 0 Å². The Morgan fingerprint density at radius 1 is 1.41 bits per heavy atom. The summed E-state index contributed by atoms with van der Waals surface area (Å²) < 4.78 is 23.3. The first-order valence-electron chi connectivity index (χ1n) is 7.64. The summed E-state index contributed by atoms with van der Waals surface area (Å²) in [5.41, 5.74) is 1.74. The highest BCUT2D eigenvalue weighted by atomic mass is 32.2. The first-order chi connectivity index (χ1) is 10.3. The normalized spacial score (nSPS) is 29.4. The van der Waals surface area contributed by atoms with Crippen molar-refractivity contribution in [1.82, 2.24) is 5.32 Å². The number of benzene rings is 1. The van der Waals surface area contributed by atoms with Crippen molar-refractivity contribution in [2.24, 2.45) is 0 Å². The quantitative estimate of drug-likeness (QED) is 0.906. The van der Waals surface area contributed by atoms with Crippen molar-refractivity contribution in [2.45, 2.75) is 38.3 Å². The Kier molecular flexibility index (Phi) is 3.67. The lowest BCUT2D eigenvalue weighted by Gasteiger charge is -2.28. The average molecular weight is 322 g/mol. The largest absolute Gasteiger partial charge is 0.359 e. The van der Waals surface area contributed by atoms with Gasteiger partial charge in [0.05, 0.1) is 23.6 Å². The molecule has 1 saturated heterocycles. The standard InChI is InChI=1S/C16H22N2O3S/c1-12-9-13-5-3-4-6-14(13)18(12)10-15(19)17-16(2)7-8-22(20,21)11-16/h3-6,12H,7-11H2,1-2H3,(H,17,19)/t12-,16-/m1/s1.